The van der Waals surface area contributed by atoms with Gasteiger partial charge in [-0.2, -0.15) is 0 Å². The molecule has 0 aliphatic heterocycles. The van der Waals surface area contributed by atoms with E-state index in [1.807, 2.05) is 31.2 Å². The average Bonchev–Trinajstić information content (AvgIpc) is 2.78. The molecule has 0 fully saturated rings. The quantitative estimate of drug-likeness (QED) is 0.871. The van der Waals surface area contributed by atoms with Crippen molar-refractivity contribution >= 4 is 22.9 Å². The van der Waals surface area contributed by atoms with Gasteiger partial charge in [0.05, 0.1) is 6.10 Å². The Hall–Kier alpha value is -0.830. The van der Waals surface area contributed by atoms with Gasteiger partial charge in [-0.25, -0.2) is 0 Å². The fourth-order valence-electron chi connectivity index (χ4n) is 1.90. The van der Waals surface area contributed by atoms with Gasteiger partial charge in [-0.3, -0.25) is 0 Å². The Bertz CT molecular complexity index is 479. The minimum absolute atomic E-state index is 0.408. The molecule has 0 aliphatic rings. The molecule has 1 heterocycles. The van der Waals surface area contributed by atoms with E-state index in [1.54, 1.807) is 11.3 Å². The number of hydrogen-bond donors (Lipinski definition) is 1. The second kappa shape index (κ2) is 5.67. The topological polar surface area (TPSA) is 20.2 Å². The maximum Gasteiger partial charge on any atom is 0.0796 e. The van der Waals surface area contributed by atoms with Crippen molar-refractivity contribution < 1.29 is 5.11 Å². The van der Waals surface area contributed by atoms with Crippen LogP contribution < -0.4 is 0 Å². The van der Waals surface area contributed by atoms with Crippen LogP contribution >= 0.6 is 22.9 Å². The molecule has 1 N–H and O–H groups in total. The monoisotopic (exact) mass is 266 g/mol. The van der Waals surface area contributed by atoms with E-state index in [1.165, 1.54) is 4.88 Å². The Morgan fingerprint density at radius 1 is 1.35 bits per heavy atom. The summed E-state index contributed by atoms with van der Waals surface area (Å²) >= 11 is 7.63. The third-order valence-corrected chi connectivity index (χ3v) is 4.01. The van der Waals surface area contributed by atoms with Crippen LogP contribution in [-0.4, -0.2) is 5.11 Å². The van der Waals surface area contributed by atoms with Crippen molar-refractivity contribution in [2.75, 3.05) is 0 Å². The molecule has 2 rings (SSSR count). The number of benzene rings is 1. The Labute approximate surface area is 111 Å². The summed E-state index contributed by atoms with van der Waals surface area (Å²) < 4.78 is 0. The van der Waals surface area contributed by atoms with E-state index >= 15 is 0 Å². The standard InChI is InChI=1S/C14H15ClOS/c1-10-9-11(15)4-6-13(10)14(16)7-5-12-3-2-8-17-12/h2-4,6,8-9,14,16H,5,7H2,1H3. The first kappa shape index (κ1) is 12.6. The molecule has 17 heavy (non-hydrogen) atoms. The Balaban J connectivity index is 2.01. The molecular weight excluding hydrogens is 252 g/mol. The van der Waals surface area contributed by atoms with Crippen molar-refractivity contribution in [1.29, 1.82) is 0 Å². The zero-order valence-corrected chi connectivity index (χ0v) is 11.3. The van der Waals surface area contributed by atoms with Crippen LogP contribution in [0.1, 0.15) is 28.5 Å². The van der Waals surface area contributed by atoms with Gasteiger partial charge in [-0.15, -0.1) is 11.3 Å². The second-order valence-electron chi connectivity index (χ2n) is 4.13. The SMILES string of the molecule is Cc1cc(Cl)ccc1C(O)CCc1cccs1. The second-order valence-corrected chi connectivity index (χ2v) is 5.60. The van der Waals surface area contributed by atoms with E-state index in [4.69, 9.17) is 11.6 Å². The van der Waals surface area contributed by atoms with Gasteiger partial charge in [-0.1, -0.05) is 23.7 Å². The lowest BCUT2D eigenvalue weighted by atomic mass is 10.00. The molecule has 0 aliphatic carbocycles. The summed E-state index contributed by atoms with van der Waals surface area (Å²) in [4.78, 5) is 1.32. The maximum absolute atomic E-state index is 10.2. The largest absolute Gasteiger partial charge is 0.388 e. The average molecular weight is 267 g/mol. The van der Waals surface area contributed by atoms with Gasteiger partial charge < -0.3 is 5.11 Å². The Morgan fingerprint density at radius 2 is 2.18 bits per heavy atom. The molecular formula is C14H15ClOS. The van der Waals surface area contributed by atoms with Crippen LogP contribution in [0, 0.1) is 6.92 Å². The molecule has 0 saturated carbocycles. The van der Waals surface area contributed by atoms with E-state index in [2.05, 4.69) is 11.4 Å². The lowest BCUT2D eigenvalue weighted by molar-refractivity contribution is 0.167. The number of hydrogen-bond acceptors (Lipinski definition) is 2. The lowest BCUT2D eigenvalue weighted by Crippen LogP contribution is -2.01. The summed E-state index contributed by atoms with van der Waals surface area (Å²) in [5.74, 6) is 0. The molecule has 1 unspecified atom stereocenters. The minimum Gasteiger partial charge on any atom is -0.388 e. The zero-order valence-electron chi connectivity index (χ0n) is 9.69. The number of rotatable bonds is 4. The normalized spacial score (nSPS) is 12.6. The van der Waals surface area contributed by atoms with Crippen LogP contribution in [0.15, 0.2) is 35.7 Å². The van der Waals surface area contributed by atoms with E-state index in [9.17, 15) is 5.11 Å². The molecule has 1 aromatic carbocycles. The number of halogens is 1. The van der Waals surface area contributed by atoms with Crippen molar-refractivity contribution in [2.45, 2.75) is 25.9 Å². The van der Waals surface area contributed by atoms with Gasteiger partial charge in [0.25, 0.3) is 0 Å². The fraction of sp³-hybridized carbons (Fsp3) is 0.286. The highest BCUT2D eigenvalue weighted by Crippen LogP contribution is 2.25. The number of thiophene rings is 1. The highest BCUT2D eigenvalue weighted by atomic mass is 35.5. The predicted molar refractivity (Wildman–Crippen MR) is 73.8 cm³/mol. The molecule has 1 atom stereocenters. The lowest BCUT2D eigenvalue weighted by Gasteiger charge is -2.13. The van der Waals surface area contributed by atoms with Crippen molar-refractivity contribution in [1.82, 2.24) is 0 Å². The molecule has 3 heteroatoms. The van der Waals surface area contributed by atoms with Crippen molar-refractivity contribution in [2.24, 2.45) is 0 Å². The number of aryl methyl sites for hydroxylation is 2. The van der Waals surface area contributed by atoms with Crippen LogP contribution in [0.25, 0.3) is 0 Å². The summed E-state index contributed by atoms with van der Waals surface area (Å²) in [6.45, 7) is 1.98. The first-order valence-corrected chi connectivity index (χ1v) is 6.89. The molecule has 0 spiro atoms. The van der Waals surface area contributed by atoms with Crippen molar-refractivity contribution in [3.8, 4) is 0 Å². The molecule has 1 aromatic heterocycles. The van der Waals surface area contributed by atoms with Gasteiger partial charge in [0.1, 0.15) is 0 Å². The highest BCUT2D eigenvalue weighted by molar-refractivity contribution is 7.09. The smallest absolute Gasteiger partial charge is 0.0796 e. The van der Waals surface area contributed by atoms with E-state index in [0.717, 1.165) is 29.0 Å². The Kier molecular flexibility index (Phi) is 4.21. The maximum atomic E-state index is 10.2. The first-order chi connectivity index (χ1) is 8.16. The molecule has 0 amide bonds. The minimum atomic E-state index is -0.408. The molecule has 0 bridgehead atoms. The third-order valence-electron chi connectivity index (χ3n) is 2.84. The fourth-order valence-corrected chi connectivity index (χ4v) is 2.85. The van der Waals surface area contributed by atoms with Crippen molar-refractivity contribution in [3.63, 3.8) is 0 Å². The van der Waals surface area contributed by atoms with E-state index in [-0.39, 0.29) is 0 Å². The summed E-state index contributed by atoms with van der Waals surface area (Å²) in [5.41, 5.74) is 2.03. The summed E-state index contributed by atoms with van der Waals surface area (Å²) in [5, 5.41) is 12.9. The molecule has 0 saturated heterocycles. The molecule has 1 nitrogen and oxygen atoms in total. The third kappa shape index (κ3) is 3.32. The highest BCUT2D eigenvalue weighted by Gasteiger charge is 2.10. The van der Waals surface area contributed by atoms with Gasteiger partial charge in [0.2, 0.25) is 0 Å². The zero-order chi connectivity index (χ0) is 12.3. The molecule has 0 radical (unpaired) electrons. The van der Waals surface area contributed by atoms with E-state index < -0.39 is 6.10 Å². The van der Waals surface area contributed by atoms with Crippen LogP contribution in [0.5, 0.6) is 0 Å². The van der Waals surface area contributed by atoms with Gasteiger partial charge in [0, 0.05) is 9.90 Å². The predicted octanol–water partition coefficient (Wildman–Crippen LogP) is 4.38. The summed E-state index contributed by atoms with van der Waals surface area (Å²) in [6.07, 6.45) is 1.26. The van der Waals surface area contributed by atoms with Gasteiger partial charge in [0.15, 0.2) is 0 Å². The van der Waals surface area contributed by atoms with Gasteiger partial charge >= 0.3 is 0 Å². The van der Waals surface area contributed by atoms with Crippen LogP contribution in [-0.2, 0) is 6.42 Å². The molecule has 90 valence electrons. The number of aliphatic hydroxyl groups excluding tert-OH is 1. The van der Waals surface area contributed by atoms with Gasteiger partial charge in [-0.05, 0) is 54.5 Å². The summed E-state index contributed by atoms with van der Waals surface area (Å²) in [7, 11) is 0. The van der Waals surface area contributed by atoms with Crippen LogP contribution in [0.3, 0.4) is 0 Å². The van der Waals surface area contributed by atoms with Crippen molar-refractivity contribution in [3.05, 3.63) is 56.7 Å². The number of aliphatic hydroxyl groups is 1. The Morgan fingerprint density at radius 3 is 2.82 bits per heavy atom. The van der Waals surface area contributed by atoms with Crippen LogP contribution in [0.4, 0.5) is 0 Å². The molecule has 2 aromatic rings. The van der Waals surface area contributed by atoms with E-state index in [0.29, 0.717) is 0 Å². The van der Waals surface area contributed by atoms with Crippen LogP contribution in [0.2, 0.25) is 5.02 Å². The first-order valence-electron chi connectivity index (χ1n) is 5.63. The summed E-state index contributed by atoms with van der Waals surface area (Å²) in [6, 6.07) is 9.78.